The molecule has 0 saturated carbocycles. The van der Waals surface area contributed by atoms with Gasteiger partial charge in [0.05, 0.1) is 22.9 Å². The van der Waals surface area contributed by atoms with Crippen LogP contribution in [0.3, 0.4) is 0 Å². The molecule has 0 unspecified atom stereocenters. The molecular formula is C28H25BrN4O2. The van der Waals surface area contributed by atoms with Gasteiger partial charge in [0.1, 0.15) is 0 Å². The van der Waals surface area contributed by atoms with Gasteiger partial charge in [0.15, 0.2) is 0 Å². The van der Waals surface area contributed by atoms with E-state index in [9.17, 15) is 9.59 Å². The Kier molecular flexibility index (Phi) is 6.51. The lowest BCUT2D eigenvalue weighted by molar-refractivity contribution is 0.595. The van der Waals surface area contributed by atoms with Crippen LogP contribution in [0.15, 0.2) is 99.4 Å². The average Bonchev–Trinajstić information content (AvgIpc) is 3.29. The van der Waals surface area contributed by atoms with Crippen molar-refractivity contribution >= 4 is 26.8 Å². The molecule has 0 N–H and O–H groups in total. The first-order valence-corrected chi connectivity index (χ1v) is 12.4. The van der Waals surface area contributed by atoms with E-state index in [0.717, 1.165) is 29.6 Å². The Labute approximate surface area is 211 Å². The second-order valence-corrected chi connectivity index (χ2v) is 9.59. The molecule has 0 saturated heterocycles. The molecule has 0 radical (unpaired) electrons. The van der Waals surface area contributed by atoms with Crippen LogP contribution < -0.4 is 11.2 Å². The summed E-state index contributed by atoms with van der Waals surface area (Å²) in [6.07, 6.45) is 5.24. The lowest BCUT2D eigenvalue weighted by Crippen LogP contribution is -2.39. The van der Waals surface area contributed by atoms with Gasteiger partial charge in [0, 0.05) is 29.5 Å². The number of benzene rings is 3. The number of imidazole rings is 1. The zero-order chi connectivity index (χ0) is 24.4. The zero-order valence-electron chi connectivity index (χ0n) is 19.4. The minimum Gasteiger partial charge on any atom is -0.330 e. The molecule has 0 bridgehead atoms. The summed E-state index contributed by atoms with van der Waals surface area (Å²) in [6, 6.07) is 23.0. The van der Waals surface area contributed by atoms with Crippen LogP contribution in [-0.2, 0) is 19.5 Å². The molecule has 0 amide bonds. The monoisotopic (exact) mass is 528 g/mol. The Morgan fingerprint density at radius 2 is 1.74 bits per heavy atom. The van der Waals surface area contributed by atoms with Gasteiger partial charge < -0.3 is 4.57 Å². The molecule has 35 heavy (non-hydrogen) atoms. The molecule has 0 fully saturated rings. The number of rotatable bonds is 7. The molecule has 0 atom stereocenters. The van der Waals surface area contributed by atoms with Crippen molar-refractivity contribution in [1.29, 1.82) is 0 Å². The van der Waals surface area contributed by atoms with E-state index in [0.29, 0.717) is 23.1 Å². The maximum Gasteiger partial charge on any atom is 0.336 e. The minimum absolute atomic E-state index is 0.309. The van der Waals surface area contributed by atoms with Crippen LogP contribution in [0.4, 0.5) is 0 Å². The minimum atomic E-state index is -0.333. The molecule has 5 rings (SSSR count). The smallest absolute Gasteiger partial charge is 0.330 e. The van der Waals surface area contributed by atoms with Crippen LogP contribution in [-0.4, -0.2) is 18.7 Å². The van der Waals surface area contributed by atoms with E-state index >= 15 is 0 Å². The van der Waals surface area contributed by atoms with Crippen LogP contribution >= 0.6 is 15.9 Å². The largest absolute Gasteiger partial charge is 0.336 e. The first-order chi connectivity index (χ1) is 17.0. The van der Waals surface area contributed by atoms with Crippen LogP contribution in [0.2, 0.25) is 0 Å². The molecule has 0 aliphatic rings. The van der Waals surface area contributed by atoms with Gasteiger partial charge in [-0.25, -0.2) is 14.3 Å². The average molecular weight is 529 g/mol. The van der Waals surface area contributed by atoms with Gasteiger partial charge >= 0.3 is 5.69 Å². The molecule has 6 nitrogen and oxygen atoms in total. The number of hydrogen-bond donors (Lipinski definition) is 0. The highest BCUT2D eigenvalue weighted by atomic mass is 79.9. The van der Waals surface area contributed by atoms with Crippen LogP contribution in [0.1, 0.15) is 23.2 Å². The highest BCUT2D eigenvalue weighted by molar-refractivity contribution is 9.10. The summed E-state index contributed by atoms with van der Waals surface area (Å²) >= 11 is 3.44. The van der Waals surface area contributed by atoms with E-state index < -0.39 is 0 Å². The van der Waals surface area contributed by atoms with Crippen LogP contribution in [0.5, 0.6) is 0 Å². The number of nitrogens with zero attached hydrogens (tertiary/aromatic N) is 4. The van der Waals surface area contributed by atoms with Gasteiger partial charge in [0.2, 0.25) is 0 Å². The van der Waals surface area contributed by atoms with Gasteiger partial charge in [-0.05, 0) is 55.7 Å². The molecule has 7 heteroatoms. The molecule has 3 aromatic carbocycles. The highest BCUT2D eigenvalue weighted by Crippen LogP contribution is 2.16. The van der Waals surface area contributed by atoms with Crippen molar-refractivity contribution in [2.45, 2.75) is 32.9 Å². The quantitative estimate of drug-likeness (QED) is 0.295. The van der Waals surface area contributed by atoms with Gasteiger partial charge in [-0.15, -0.1) is 0 Å². The number of aromatic nitrogens is 4. The summed E-state index contributed by atoms with van der Waals surface area (Å²) in [5.74, 6) is 0. The molecule has 2 aromatic heterocycles. The summed E-state index contributed by atoms with van der Waals surface area (Å²) in [5.41, 5.74) is 4.13. The molecule has 0 spiro atoms. The topological polar surface area (TPSA) is 61.8 Å². The summed E-state index contributed by atoms with van der Waals surface area (Å²) in [7, 11) is 0. The number of aryl methyl sites for hydroxylation is 3. The van der Waals surface area contributed by atoms with Crippen LogP contribution in [0, 0.1) is 6.92 Å². The molecular weight excluding hydrogens is 504 g/mol. The molecule has 0 aliphatic carbocycles. The van der Waals surface area contributed by atoms with Crippen molar-refractivity contribution in [3.8, 4) is 5.69 Å². The normalized spacial score (nSPS) is 11.3. The van der Waals surface area contributed by atoms with Crippen molar-refractivity contribution in [3.63, 3.8) is 0 Å². The van der Waals surface area contributed by atoms with E-state index in [1.165, 1.54) is 15.7 Å². The van der Waals surface area contributed by atoms with E-state index in [1.807, 2.05) is 42.9 Å². The standard InChI is InChI=1S/C28H25BrN4O2/c1-20-11-13-21(14-12-20)18-31-19-30-17-24(31)8-5-15-32-26-10-3-2-9-25(26)27(34)33(28(32)35)23-7-4-6-22(29)16-23/h2-4,6-7,9-14,16-17,19H,5,8,15,18H2,1H3. The maximum atomic E-state index is 13.5. The highest BCUT2D eigenvalue weighted by Gasteiger charge is 2.15. The third-order valence-corrected chi connectivity index (χ3v) is 6.70. The third-order valence-electron chi connectivity index (χ3n) is 6.20. The van der Waals surface area contributed by atoms with Crippen molar-refractivity contribution in [2.75, 3.05) is 0 Å². The SMILES string of the molecule is Cc1ccc(Cn2cncc2CCCn2c(=O)n(-c3cccc(Br)c3)c(=O)c3ccccc32)cc1. The number of hydrogen-bond acceptors (Lipinski definition) is 3. The maximum absolute atomic E-state index is 13.5. The van der Waals surface area contributed by atoms with Crippen molar-refractivity contribution in [1.82, 2.24) is 18.7 Å². The van der Waals surface area contributed by atoms with Gasteiger partial charge in [-0.3, -0.25) is 9.36 Å². The van der Waals surface area contributed by atoms with E-state index in [-0.39, 0.29) is 11.2 Å². The Bertz CT molecular complexity index is 1610. The van der Waals surface area contributed by atoms with Crippen molar-refractivity contribution < 1.29 is 0 Å². The first kappa shape index (κ1) is 23.1. The number of para-hydroxylation sites is 1. The Balaban J connectivity index is 1.44. The van der Waals surface area contributed by atoms with Gasteiger partial charge in [-0.1, -0.05) is 64.0 Å². The summed E-state index contributed by atoms with van der Waals surface area (Å²) < 4.78 is 5.92. The van der Waals surface area contributed by atoms with Crippen molar-refractivity contribution in [2.24, 2.45) is 0 Å². The van der Waals surface area contributed by atoms with Crippen molar-refractivity contribution in [3.05, 3.63) is 127 Å². The summed E-state index contributed by atoms with van der Waals surface area (Å²) in [4.78, 5) is 31.1. The number of fused-ring (bicyclic) bond motifs is 1. The molecule has 5 aromatic rings. The Morgan fingerprint density at radius 1 is 0.943 bits per heavy atom. The van der Waals surface area contributed by atoms with E-state index in [1.54, 1.807) is 22.8 Å². The van der Waals surface area contributed by atoms with Gasteiger partial charge in [-0.2, -0.15) is 0 Å². The molecule has 176 valence electrons. The molecule has 0 aliphatic heterocycles. The zero-order valence-corrected chi connectivity index (χ0v) is 21.0. The van der Waals surface area contributed by atoms with E-state index in [2.05, 4.69) is 56.7 Å². The summed E-state index contributed by atoms with van der Waals surface area (Å²) in [6.45, 7) is 3.33. The Morgan fingerprint density at radius 3 is 2.54 bits per heavy atom. The summed E-state index contributed by atoms with van der Waals surface area (Å²) in [5, 5.41) is 0.525. The lowest BCUT2D eigenvalue weighted by Gasteiger charge is -2.15. The second kappa shape index (κ2) is 9.88. The third kappa shape index (κ3) is 4.77. The predicted octanol–water partition coefficient (Wildman–Crippen LogP) is 5.10. The molecule has 2 heterocycles. The van der Waals surface area contributed by atoms with E-state index in [4.69, 9.17) is 0 Å². The number of halogens is 1. The Hall–Kier alpha value is -3.71. The lowest BCUT2D eigenvalue weighted by atomic mass is 10.1. The predicted molar refractivity (Wildman–Crippen MR) is 142 cm³/mol. The fourth-order valence-corrected chi connectivity index (χ4v) is 4.77. The fraction of sp³-hybridized carbons (Fsp3) is 0.179. The van der Waals surface area contributed by atoms with Crippen LogP contribution in [0.25, 0.3) is 16.6 Å². The second-order valence-electron chi connectivity index (χ2n) is 8.67. The van der Waals surface area contributed by atoms with Gasteiger partial charge in [0.25, 0.3) is 5.56 Å². The fourth-order valence-electron chi connectivity index (χ4n) is 4.39. The first-order valence-electron chi connectivity index (χ1n) is 11.6.